The molecule has 0 spiro atoms. The van der Waals surface area contributed by atoms with Crippen molar-refractivity contribution in [2.75, 3.05) is 0 Å². The van der Waals surface area contributed by atoms with Crippen molar-refractivity contribution in [3.8, 4) is 0 Å². The van der Waals surface area contributed by atoms with Gasteiger partial charge in [-0.25, -0.2) is 0 Å². The van der Waals surface area contributed by atoms with E-state index in [9.17, 15) is 0 Å². The van der Waals surface area contributed by atoms with Crippen molar-refractivity contribution in [1.29, 1.82) is 0 Å². The molecule has 0 heterocycles. The monoisotopic (exact) mass is 304 g/mol. The van der Waals surface area contributed by atoms with Crippen molar-refractivity contribution in [3.05, 3.63) is 0 Å². The zero-order valence-corrected chi connectivity index (χ0v) is 7.87. The summed E-state index contributed by atoms with van der Waals surface area (Å²) in [6, 6.07) is 0. The molecule has 0 aromatic heterocycles. The van der Waals surface area contributed by atoms with Crippen LogP contribution in [0.1, 0.15) is 0 Å². The second kappa shape index (κ2) is 27.9. The maximum absolute atomic E-state index is 0. The van der Waals surface area contributed by atoms with Crippen LogP contribution in [0, 0.1) is 35.6 Å². The van der Waals surface area contributed by atoms with Crippen molar-refractivity contribution >= 4 is 34.0 Å². The Hall–Kier alpha value is 3.02. The van der Waals surface area contributed by atoms with Crippen molar-refractivity contribution < 1.29 is 61.8 Å². The third kappa shape index (κ3) is 19.4. The SMILES string of the molecule is N.[La].[MgH2].[SiH4].[Zr]. The average molecular weight is 306 g/mol. The molecule has 0 aromatic rings. The van der Waals surface area contributed by atoms with Gasteiger partial charge in [0.2, 0.25) is 0 Å². The van der Waals surface area contributed by atoms with Gasteiger partial charge in [-0.3, -0.25) is 0 Å². The van der Waals surface area contributed by atoms with Crippen LogP contribution < -0.4 is 6.15 Å². The van der Waals surface area contributed by atoms with E-state index in [4.69, 9.17) is 0 Å². The van der Waals surface area contributed by atoms with Crippen LogP contribution in [0.2, 0.25) is 0 Å². The van der Waals surface area contributed by atoms with E-state index in [1.807, 2.05) is 0 Å². The van der Waals surface area contributed by atoms with Gasteiger partial charge >= 0.3 is 23.1 Å². The van der Waals surface area contributed by atoms with Gasteiger partial charge in [-0.1, -0.05) is 0 Å². The normalized spacial score (nSPS) is 0. The minimum Gasteiger partial charge on any atom is -0.344 e. The Morgan fingerprint density at radius 1 is 1.00 bits per heavy atom. The van der Waals surface area contributed by atoms with Gasteiger partial charge in [-0.15, -0.1) is 0 Å². The molecule has 5 heteroatoms. The third-order valence-corrected chi connectivity index (χ3v) is 0. The molecule has 0 aromatic carbocycles. The molecule has 0 rings (SSSR count). The predicted octanol–water partition coefficient (Wildman–Crippen LogP) is -2.21. The van der Waals surface area contributed by atoms with Gasteiger partial charge in [0.05, 0.1) is 0 Å². The van der Waals surface area contributed by atoms with Gasteiger partial charge in [0.1, 0.15) is 0 Å². The van der Waals surface area contributed by atoms with E-state index < -0.39 is 0 Å². The average Bonchev–Trinajstić information content (AvgIpc) is 0. The molecule has 0 saturated carbocycles. The van der Waals surface area contributed by atoms with E-state index in [0.29, 0.717) is 0 Å². The number of hydrogen-bond acceptors (Lipinski definition) is 1. The second-order valence-corrected chi connectivity index (χ2v) is 0. The molecule has 0 atom stereocenters. The summed E-state index contributed by atoms with van der Waals surface area (Å²) >= 11 is 0. The van der Waals surface area contributed by atoms with Gasteiger partial charge < -0.3 is 6.15 Å². The maximum Gasteiger partial charge on any atom is 0.316 e. The van der Waals surface area contributed by atoms with Gasteiger partial charge in [0.15, 0.2) is 0 Å². The zero-order chi connectivity index (χ0) is 0. The summed E-state index contributed by atoms with van der Waals surface area (Å²) in [5, 5.41) is 0. The first-order valence-electron chi connectivity index (χ1n) is 0. The molecule has 5 heavy (non-hydrogen) atoms. The molecule has 0 bridgehead atoms. The van der Waals surface area contributed by atoms with Crippen LogP contribution in [0.5, 0.6) is 0 Å². The molecule has 0 aliphatic heterocycles. The third-order valence-electron chi connectivity index (χ3n) is 0. The standard InChI is InChI=1S/La.Mg.H3N.H4Si.Zr.2H/h;;1H3;1H4;;;. The van der Waals surface area contributed by atoms with Crippen LogP contribution in [-0.4, -0.2) is 34.0 Å². The zero-order valence-electron chi connectivity index (χ0n) is 1.78. The van der Waals surface area contributed by atoms with E-state index in [2.05, 4.69) is 0 Å². The first-order chi connectivity index (χ1) is 0. The van der Waals surface area contributed by atoms with E-state index in [1.165, 1.54) is 0 Å². The van der Waals surface area contributed by atoms with Crippen molar-refractivity contribution in [2.24, 2.45) is 0 Å². The maximum atomic E-state index is 0. The van der Waals surface area contributed by atoms with Crippen LogP contribution in [0.3, 0.4) is 0 Å². The summed E-state index contributed by atoms with van der Waals surface area (Å²) < 4.78 is 0. The van der Waals surface area contributed by atoms with E-state index >= 15 is 0 Å². The summed E-state index contributed by atoms with van der Waals surface area (Å²) in [6.07, 6.45) is 0. The molecule has 0 aliphatic carbocycles. The molecular weight excluding hydrogens is 297 g/mol. The van der Waals surface area contributed by atoms with Crippen LogP contribution in [0.25, 0.3) is 0 Å². The molecule has 27 valence electrons. The smallest absolute Gasteiger partial charge is 0.316 e. The minimum atomic E-state index is 0. The summed E-state index contributed by atoms with van der Waals surface area (Å²) in [7, 11) is 0. The molecule has 0 unspecified atom stereocenters. The fraction of sp³-hybridized carbons (Fsp3) is 0. The Balaban J connectivity index is 0. The summed E-state index contributed by atoms with van der Waals surface area (Å²) in [4.78, 5) is 0. The quantitative estimate of drug-likeness (QED) is 0.506. The summed E-state index contributed by atoms with van der Waals surface area (Å²) in [5.41, 5.74) is 0. The largest absolute Gasteiger partial charge is 0.344 e. The molecular formula is H9LaMgNSiZr. The topological polar surface area (TPSA) is 35.0 Å². The fourth-order valence-corrected chi connectivity index (χ4v) is 0. The summed E-state index contributed by atoms with van der Waals surface area (Å²) in [5.74, 6) is 0. The Bertz CT molecular complexity index is 11.6. The summed E-state index contributed by atoms with van der Waals surface area (Å²) in [6.45, 7) is 0. The number of hydrogen-bond donors (Lipinski definition) is 1. The predicted molar refractivity (Wildman–Crippen MR) is 24.9 cm³/mol. The second-order valence-electron chi connectivity index (χ2n) is 0. The Labute approximate surface area is 99.9 Å². The van der Waals surface area contributed by atoms with E-state index in [1.54, 1.807) is 0 Å². The fourth-order valence-electron chi connectivity index (χ4n) is 0. The van der Waals surface area contributed by atoms with Gasteiger partial charge in [-0.05, 0) is 11.0 Å². The molecule has 1 nitrogen and oxygen atoms in total. The van der Waals surface area contributed by atoms with Crippen molar-refractivity contribution in [1.82, 2.24) is 6.15 Å². The Morgan fingerprint density at radius 2 is 1.00 bits per heavy atom. The molecule has 3 N–H and O–H groups in total. The molecule has 0 fully saturated rings. The van der Waals surface area contributed by atoms with Gasteiger partial charge in [0, 0.05) is 61.8 Å². The van der Waals surface area contributed by atoms with Gasteiger partial charge in [-0.2, -0.15) is 0 Å². The van der Waals surface area contributed by atoms with Crippen molar-refractivity contribution in [2.45, 2.75) is 0 Å². The van der Waals surface area contributed by atoms with Crippen LogP contribution in [0.15, 0.2) is 0 Å². The van der Waals surface area contributed by atoms with Crippen LogP contribution >= 0.6 is 0 Å². The Morgan fingerprint density at radius 3 is 1.00 bits per heavy atom. The first-order valence-corrected chi connectivity index (χ1v) is 0. The Kier molecular flexibility index (Phi) is 242. The van der Waals surface area contributed by atoms with E-state index in [-0.39, 0.29) is 102 Å². The molecule has 0 saturated heterocycles. The number of rotatable bonds is 0. The molecule has 1 radical (unpaired) electrons. The van der Waals surface area contributed by atoms with E-state index in [0.717, 1.165) is 0 Å². The van der Waals surface area contributed by atoms with Crippen molar-refractivity contribution in [3.63, 3.8) is 0 Å². The first kappa shape index (κ1) is 43.3. The van der Waals surface area contributed by atoms with Crippen LogP contribution in [-0.2, 0) is 26.2 Å². The van der Waals surface area contributed by atoms with Gasteiger partial charge in [0.25, 0.3) is 0 Å². The molecule has 0 amide bonds. The van der Waals surface area contributed by atoms with Crippen LogP contribution in [0.4, 0.5) is 0 Å². The minimum absolute atomic E-state index is 0. The molecule has 0 aliphatic rings.